The van der Waals surface area contributed by atoms with Gasteiger partial charge < -0.3 is 10.4 Å². The van der Waals surface area contributed by atoms with Crippen molar-refractivity contribution < 1.29 is 18.7 Å². The first-order valence-electron chi connectivity index (χ1n) is 5.58. The average Bonchev–Trinajstić information content (AvgIpc) is 2.78. The van der Waals surface area contributed by atoms with Crippen molar-refractivity contribution in [3.05, 3.63) is 35.4 Å². The van der Waals surface area contributed by atoms with Gasteiger partial charge in [-0.05, 0) is 12.1 Å². The zero-order valence-electron chi connectivity index (χ0n) is 10.4. The molecule has 20 heavy (non-hydrogen) atoms. The molecule has 0 saturated carbocycles. The Labute approximate surface area is 112 Å². The molecule has 2 aromatic heterocycles. The summed E-state index contributed by atoms with van der Waals surface area (Å²) in [6, 6.07) is 2.52. The first-order valence-corrected chi connectivity index (χ1v) is 5.58. The number of rotatable bonds is 5. The second-order valence-electron chi connectivity index (χ2n) is 3.91. The van der Waals surface area contributed by atoms with Crippen molar-refractivity contribution in [2.75, 3.05) is 5.32 Å². The van der Waals surface area contributed by atoms with E-state index in [9.17, 15) is 13.6 Å². The van der Waals surface area contributed by atoms with Gasteiger partial charge in [0.15, 0.2) is 5.69 Å². The number of nitrogens with one attached hydrogen (secondary N) is 1. The van der Waals surface area contributed by atoms with Crippen LogP contribution in [0.1, 0.15) is 28.3 Å². The molecule has 0 fully saturated rings. The first kappa shape index (κ1) is 13.8. The van der Waals surface area contributed by atoms with Crippen LogP contribution >= 0.6 is 0 Å². The molecule has 0 aliphatic rings. The van der Waals surface area contributed by atoms with Crippen molar-refractivity contribution in [3.63, 3.8) is 0 Å². The molecule has 0 saturated heterocycles. The summed E-state index contributed by atoms with van der Waals surface area (Å²) in [5.41, 5.74) is 0.0370. The lowest BCUT2D eigenvalue weighted by Gasteiger charge is -2.05. The lowest BCUT2D eigenvalue weighted by molar-refractivity contribution is 0.0690. The van der Waals surface area contributed by atoms with Gasteiger partial charge in [0, 0.05) is 13.2 Å². The van der Waals surface area contributed by atoms with Gasteiger partial charge in [-0.1, -0.05) is 0 Å². The van der Waals surface area contributed by atoms with Gasteiger partial charge in [0.2, 0.25) is 5.95 Å². The fraction of sp³-hybridized carbons (Fsp3) is 0.273. The molecule has 106 valence electrons. The Morgan fingerprint density at radius 2 is 2.30 bits per heavy atom. The van der Waals surface area contributed by atoms with Gasteiger partial charge in [0.1, 0.15) is 5.69 Å². The highest BCUT2D eigenvalue weighted by Crippen LogP contribution is 2.18. The highest BCUT2D eigenvalue weighted by molar-refractivity contribution is 5.85. The van der Waals surface area contributed by atoms with E-state index in [1.54, 1.807) is 0 Å². The van der Waals surface area contributed by atoms with Crippen molar-refractivity contribution in [2.45, 2.75) is 13.0 Å². The van der Waals surface area contributed by atoms with E-state index in [0.29, 0.717) is 5.69 Å². The zero-order valence-corrected chi connectivity index (χ0v) is 10.4. The first-order chi connectivity index (χ1) is 9.47. The minimum absolute atomic E-state index is 0.102. The van der Waals surface area contributed by atoms with Crippen molar-refractivity contribution in [1.29, 1.82) is 0 Å². The molecular weight excluding hydrogens is 272 g/mol. The number of halogens is 2. The number of aromatic carboxylic acids is 1. The molecule has 2 aromatic rings. The Morgan fingerprint density at radius 3 is 2.90 bits per heavy atom. The summed E-state index contributed by atoms with van der Waals surface area (Å²) < 4.78 is 26.3. The summed E-state index contributed by atoms with van der Waals surface area (Å²) in [5.74, 6) is -1.07. The molecule has 2 N–H and O–H groups in total. The van der Waals surface area contributed by atoms with E-state index in [0.717, 1.165) is 0 Å². The molecule has 2 rings (SSSR count). The lowest BCUT2D eigenvalue weighted by atomic mass is 10.3. The minimum Gasteiger partial charge on any atom is -0.477 e. The number of carbonyl (C=O) groups is 1. The van der Waals surface area contributed by atoms with Crippen LogP contribution in [0.3, 0.4) is 0 Å². The van der Waals surface area contributed by atoms with E-state index in [4.69, 9.17) is 5.11 Å². The summed E-state index contributed by atoms with van der Waals surface area (Å²) in [6.45, 7) is 0.152. The molecule has 9 heteroatoms. The topological polar surface area (TPSA) is 92.9 Å². The fourth-order valence-corrected chi connectivity index (χ4v) is 1.54. The Hall–Kier alpha value is -2.58. The Morgan fingerprint density at radius 1 is 1.55 bits per heavy atom. The van der Waals surface area contributed by atoms with Gasteiger partial charge in [0.05, 0.1) is 12.2 Å². The normalized spacial score (nSPS) is 10.8. The third-order valence-electron chi connectivity index (χ3n) is 2.52. The number of hydrogen-bond donors (Lipinski definition) is 2. The molecule has 0 atom stereocenters. The molecule has 0 aliphatic carbocycles. The van der Waals surface area contributed by atoms with Crippen LogP contribution in [0.25, 0.3) is 0 Å². The highest BCUT2D eigenvalue weighted by Gasteiger charge is 2.14. The monoisotopic (exact) mass is 283 g/mol. The summed E-state index contributed by atoms with van der Waals surface area (Å²) in [7, 11) is 1.54. The summed E-state index contributed by atoms with van der Waals surface area (Å²) in [4.78, 5) is 18.3. The molecule has 0 amide bonds. The maximum atomic E-state index is 12.5. The molecule has 0 bridgehead atoms. The second kappa shape index (κ2) is 5.59. The van der Waals surface area contributed by atoms with Crippen molar-refractivity contribution in [1.82, 2.24) is 19.7 Å². The lowest BCUT2D eigenvalue weighted by Crippen LogP contribution is -2.10. The van der Waals surface area contributed by atoms with Crippen molar-refractivity contribution >= 4 is 11.9 Å². The third-order valence-corrected chi connectivity index (χ3v) is 2.52. The Balaban J connectivity index is 2.09. The van der Waals surface area contributed by atoms with Crippen LogP contribution in [0.15, 0.2) is 18.3 Å². The van der Waals surface area contributed by atoms with Crippen LogP contribution in [0.2, 0.25) is 0 Å². The molecule has 0 unspecified atom stereocenters. The molecule has 0 spiro atoms. The van der Waals surface area contributed by atoms with Gasteiger partial charge in [0.25, 0.3) is 6.43 Å². The molecule has 0 aromatic carbocycles. The molecule has 0 radical (unpaired) electrons. The van der Waals surface area contributed by atoms with E-state index < -0.39 is 12.4 Å². The number of aryl methyl sites for hydroxylation is 1. The standard InChI is InChI=1S/C11H11F2N5O2/c1-18-6(4-8(17-18)9(12)13)5-15-11-14-3-2-7(16-11)10(19)20/h2-4,9H,5H2,1H3,(H,19,20)(H,14,15,16). The zero-order chi connectivity index (χ0) is 14.7. The molecule has 7 nitrogen and oxygen atoms in total. The van der Waals surface area contributed by atoms with Gasteiger partial charge in [-0.3, -0.25) is 4.68 Å². The van der Waals surface area contributed by atoms with Gasteiger partial charge in [-0.25, -0.2) is 23.5 Å². The maximum absolute atomic E-state index is 12.5. The molecule has 2 heterocycles. The largest absolute Gasteiger partial charge is 0.477 e. The molecular formula is C11H11F2N5O2. The summed E-state index contributed by atoms with van der Waals surface area (Å²) in [6.07, 6.45) is -1.34. The third kappa shape index (κ3) is 3.05. The number of hydrogen-bond acceptors (Lipinski definition) is 5. The van der Waals surface area contributed by atoms with Crippen LogP contribution in [0.4, 0.5) is 14.7 Å². The number of aromatic nitrogens is 4. The maximum Gasteiger partial charge on any atom is 0.354 e. The SMILES string of the molecule is Cn1nc(C(F)F)cc1CNc1nccc(C(=O)O)n1. The van der Waals surface area contributed by atoms with Crippen LogP contribution in [-0.2, 0) is 13.6 Å². The van der Waals surface area contributed by atoms with Gasteiger partial charge in [-0.15, -0.1) is 0 Å². The predicted octanol–water partition coefficient (Wildman–Crippen LogP) is 1.46. The molecule has 0 aliphatic heterocycles. The van der Waals surface area contributed by atoms with Crippen LogP contribution in [0.5, 0.6) is 0 Å². The van der Waals surface area contributed by atoms with Crippen molar-refractivity contribution in [3.8, 4) is 0 Å². The van der Waals surface area contributed by atoms with Crippen LogP contribution in [-0.4, -0.2) is 30.8 Å². The highest BCUT2D eigenvalue weighted by atomic mass is 19.3. The fourth-order valence-electron chi connectivity index (χ4n) is 1.54. The van der Waals surface area contributed by atoms with E-state index in [-0.39, 0.29) is 23.9 Å². The average molecular weight is 283 g/mol. The van der Waals surface area contributed by atoms with Crippen LogP contribution in [0, 0.1) is 0 Å². The van der Waals surface area contributed by atoms with E-state index in [1.807, 2.05) is 0 Å². The van der Waals surface area contributed by atoms with Crippen LogP contribution < -0.4 is 5.32 Å². The minimum atomic E-state index is -2.64. The van der Waals surface area contributed by atoms with Gasteiger partial charge >= 0.3 is 5.97 Å². The number of nitrogens with zero attached hydrogens (tertiary/aromatic N) is 4. The Kier molecular flexibility index (Phi) is 3.87. The van der Waals surface area contributed by atoms with Gasteiger partial charge in [-0.2, -0.15) is 5.10 Å². The number of carboxylic acid groups (broad SMARTS) is 1. The summed E-state index contributed by atoms with van der Waals surface area (Å²) in [5, 5.41) is 15.2. The number of carboxylic acids is 1. The van der Waals surface area contributed by atoms with E-state index >= 15 is 0 Å². The predicted molar refractivity (Wildman–Crippen MR) is 64.5 cm³/mol. The summed E-state index contributed by atoms with van der Waals surface area (Å²) >= 11 is 0. The van der Waals surface area contributed by atoms with E-state index in [2.05, 4.69) is 20.4 Å². The van der Waals surface area contributed by atoms with Crippen molar-refractivity contribution in [2.24, 2.45) is 7.05 Å². The smallest absolute Gasteiger partial charge is 0.354 e. The Bertz CT molecular complexity index is 629. The number of alkyl halides is 2. The quantitative estimate of drug-likeness (QED) is 0.863. The van der Waals surface area contributed by atoms with E-state index in [1.165, 1.54) is 30.1 Å². The second-order valence-corrected chi connectivity index (χ2v) is 3.91. The number of anilines is 1.